The number of amides is 2. The predicted molar refractivity (Wildman–Crippen MR) is 108 cm³/mol. The van der Waals surface area contributed by atoms with Crippen LogP contribution in [0.25, 0.3) is 0 Å². The molecule has 2 rings (SSSR count). The number of anilines is 1. The second-order valence-electron chi connectivity index (χ2n) is 6.85. The van der Waals surface area contributed by atoms with Gasteiger partial charge in [-0.15, -0.1) is 0 Å². The highest BCUT2D eigenvalue weighted by Gasteiger charge is 2.27. The summed E-state index contributed by atoms with van der Waals surface area (Å²) in [6.45, 7) is 4.34. The number of carbonyl (C=O) groups is 2. The molecule has 0 saturated heterocycles. The molecule has 0 bridgehead atoms. The molecule has 2 atom stereocenters. The normalized spacial score (nSPS) is 13.4. The summed E-state index contributed by atoms with van der Waals surface area (Å²) in [5.41, 5.74) is 0.805. The maximum Gasteiger partial charge on any atom is 0.241 e. The number of hydrogen-bond donors (Lipinski definition) is 2. The number of hydrogen-bond acceptors (Lipinski definition) is 4. The van der Waals surface area contributed by atoms with Gasteiger partial charge in [0, 0.05) is 19.7 Å². The fourth-order valence-electron chi connectivity index (χ4n) is 2.76. The molecule has 0 aromatic heterocycles. The minimum Gasteiger partial charge on any atom is -0.338 e. The molecular weight excluding hydrogens is 416 g/mol. The van der Waals surface area contributed by atoms with Gasteiger partial charge in [0.25, 0.3) is 0 Å². The Morgan fingerprint density at radius 1 is 1.00 bits per heavy atom. The lowest BCUT2D eigenvalue weighted by Crippen LogP contribution is -2.46. The van der Waals surface area contributed by atoms with Gasteiger partial charge >= 0.3 is 0 Å². The molecule has 0 aliphatic carbocycles. The van der Waals surface area contributed by atoms with Crippen molar-refractivity contribution in [2.24, 2.45) is 0 Å². The average Bonchev–Trinajstić information content (AvgIpc) is 2.68. The van der Waals surface area contributed by atoms with E-state index in [0.29, 0.717) is 11.3 Å². The lowest BCUT2D eigenvalue weighted by molar-refractivity contribution is -0.133. The Labute approximate surface area is 174 Å². The van der Waals surface area contributed by atoms with Crippen LogP contribution >= 0.6 is 0 Å². The van der Waals surface area contributed by atoms with E-state index in [2.05, 4.69) is 10.0 Å². The number of carbonyl (C=O) groups excluding carboxylic acids is 2. The third kappa shape index (κ3) is 5.61. The van der Waals surface area contributed by atoms with Crippen LogP contribution in [0, 0.1) is 11.6 Å². The van der Waals surface area contributed by atoms with Gasteiger partial charge in [-0.3, -0.25) is 9.59 Å². The van der Waals surface area contributed by atoms with E-state index >= 15 is 0 Å². The molecule has 0 heterocycles. The summed E-state index contributed by atoms with van der Waals surface area (Å²) in [6, 6.07) is 7.07. The number of benzene rings is 2. The topological polar surface area (TPSA) is 95.6 Å². The van der Waals surface area contributed by atoms with Crippen LogP contribution in [0.2, 0.25) is 0 Å². The van der Waals surface area contributed by atoms with Crippen LogP contribution in [-0.2, 0) is 19.6 Å². The van der Waals surface area contributed by atoms with Crippen LogP contribution in [0.3, 0.4) is 0 Å². The van der Waals surface area contributed by atoms with Crippen LogP contribution in [0.1, 0.15) is 32.4 Å². The summed E-state index contributed by atoms with van der Waals surface area (Å²) in [5, 5.41) is 2.53. The van der Waals surface area contributed by atoms with Gasteiger partial charge in [-0.05, 0) is 55.8 Å². The summed E-state index contributed by atoms with van der Waals surface area (Å²) < 4.78 is 54.0. The average molecular weight is 439 g/mol. The highest BCUT2D eigenvalue weighted by atomic mass is 32.2. The van der Waals surface area contributed by atoms with Crippen LogP contribution in [0.4, 0.5) is 14.5 Å². The van der Waals surface area contributed by atoms with Crippen LogP contribution in [0.15, 0.2) is 47.4 Å². The monoisotopic (exact) mass is 439 g/mol. The number of sulfonamides is 1. The molecule has 0 spiro atoms. The molecule has 0 aliphatic rings. The van der Waals surface area contributed by atoms with E-state index in [1.165, 1.54) is 56.1 Å². The van der Waals surface area contributed by atoms with Crippen molar-refractivity contribution in [2.75, 3.05) is 12.4 Å². The van der Waals surface area contributed by atoms with Crippen molar-refractivity contribution in [3.05, 3.63) is 59.7 Å². The summed E-state index contributed by atoms with van der Waals surface area (Å²) in [4.78, 5) is 24.9. The number of halogens is 2. The SMILES string of the molecule is CC(=O)Nc1ccc(S(=O)(=O)N[C@@H](C)C(=O)N(C)C(C)c2ccc(F)c(F)c2)cc1. The fourth-order valence-corrected chi connectivity index (χ4v) is 3.96. The van der Waals surface area contributed by atoms with Crippen molar-refractivity contribution >= 4 is 27.5 Å². The maximum atomic E-state index is 13.5. The molecule has 2 N–H and O–H groups in total. The number of nitrogens with zero attached hydrogens (tertiary/aromatic N) is 1. The number of nitrogens with one attached hydrogen (secondary N) is 2. The molecule has 2 amide bonds. The maximum absolute atomic E-state index is 13.5. The van der Waals surface area contributed by atoms with Gasteiger partial charge in [0.05, 0.1) is 17.0 Å². The molecule has 0 aliphatic heterocycles. The first-order valence-electron chi connectivity index (χ1n) is 9.04. The van der Waals surface area contributed by atoms with Gasteiger partial charge in [-0.25, -0.2) is 17.2 Å². The van der Waals surface area contributed by atoms with Crippen molar-refractivity contribution in [2.45, 2.75) is 37.8 Å². The molecule has 1 unspecified atom stereocenters. The highest BCUT2D eigenvalue weighted by molar-refractivity contribution is 7.89. The fraction of sp³-hybridized carbons (Fsp3) is 0.300. The number of rotatable bonds is 7. The molecule has 162 valence electrons. The molecule has 2 aromatic rings. The van der Waals surface area contributed by atoms with E-state index in [1.807, 2.05) is 0 Å². The van der Waals surface area contributed by atoms with Gasteiger partial charge in [-0.1, -0.05) is 6.07 Å². The molecular formula is C20H23F2N3O4S. The summed E-state index contributed by atoms with van der Waals surface area (Å²) in [6.07, 6.45) is 0. The molecule has 30 heavy (non-hydrogen) atoms. The molecule has 0 fully saturated rings. The van der Waals surface area contributed by atoms with Crippen molar-refractivity contribution in [1.29, 1.82) is 0 Å². The van der Waals surface area contributed by atoms with E-state index < -0.39 is 39.6 Å². The Morgan fingerprint density at radius 2 is 1.60 bits per heavy atom. The van der Waals surface area contributed by atoms with Crippen molar-refractivity contribution in [3.8, 4) is 0 Å². The molecule has 7 nitrogen and oxygen atoms in total. The Bertz CT molecular complexity index is 1040. The largest absolute Gasteiger partial charge is 0.338 e. The first kappa shape index (κ1) is 23.4. The molecule has 10 heteroatoms. The Balaban J connectivity index is 2.10. The minimum absolute atomic E-state index is 0.0763. The van der Waals surface area contributed by atoms with E-state index in [9.17, 15) is 26.8 Å². The molecule has 0 saturated carbocycles. The van der Waals surface area contributed by atoms with Crippen molar-refractivity contribution in [1.82, 2.24) is 9.62 Å². The number of likely N-dealkylation sites (N-methyl/N-ethyl adjacent to an activating group) is 1. The third-order valence-corrected chi connectivity index (χ3v) is 6.10. The zero-order valence-electron chi connectivity index (χ0n) is 16.9. The second-order valence-corrected chi connectivity index (χ2v) is 8.56. The Morgan fingerprint density at radius 3 is 2.13 bits per heavy atom. The molecule has 0 radical (unpaired) electrons. The standard InChI is InChI=1S/C20H23F2N3O4S/c1-12(20(27)25(4)13(2)15-5-10-18(21)19(22)11-15)24-30(28,29)17-8-6-16(7-9-17)23-14(3)26/h5-13,24H,1-4H3,(H,23,26)/t12-,13?/m0/s1. The smallest absolute Gasteiger partial charge is 0.241 e. The van der Waals surface area contributed by atoms with Crippen molar-refractivity contribution in [3.63, 3.8) is 0 Å². The Hall–Kier alpha value is -2.85. The van der Waals surface area contributed by atoms with E-state index in [0.717, 1.165) is 12.1 Å². The van der Waals surface area contributed by atoms with Crippen LogP contribution in [0.5, 0.6) is 0 Å². The highest BCUT2D eigenvalue weighted by Crippen LogP contribution is 2.22. The van der Waals surface area contributed by atoms with Crippen molar-refractivity contribution < 1.29 is 26.8 Å². The zero-order chi connectivity index (χ0) is 22.6. The van der Waals surface area contributed by atoms with Crippen LogP contribution < -0.4 is 10.0 Å². The van der Waals surface area contributed by atoms with E-state index in [4.69, 9.17) is 0 Å². The summed E-state index contributed by atoms with van der Waals surface area (Å²) in [5.74, 6) is -2.87. The van der Waals surface area contributed by atoms with Gasteiger partial charge in [0.15, 0.2) is 11.6 Å². The lowest BCUT2D eigenvalue weighted by Gasteiger charge is -2.28. The molecule has 2 aromatic carbocycles. The Kier molecular flexibility index (Phi) is 7.27. The summed E-state index contributed by atoms with van der Waals surface area (Å²) >= 11 is 0. The van der Waals surface area contributed by atoms with Crippen LogP contribution in [-0.4, -0.2) is 38.2 Å². The van der Waals surface area contributed by atoms with Gasteiger partial charge in [0.2, 0.25) is 21.8 Å². The van der Waals surface area contributed by atoms with Gasteiger partial charge in [-0.2, -0.15) is 4.72 Å². The lowest BCUT2D eigenvalue weighted by atomic mass is 10.1. The quantitative estimate of drug-likeness (QED) is 0.694. The predicted octanol–water partition coefficient (Wildman–Crippen LogP) is 2.81. The van der Waals surface area contributed by atoms with Gasteiger partial charge in [0.1, 0.15) is 0 Å². The van der Waals surface area contributed by atoms with E-state index in [-0.39, 0.29) is 10.8 Å². The third-order valence-electron chi connectivity index (χ3n) is 4.54. The first-order chi connectivity index (χ1) is 13.9. The second kappa shape index (κ2) is 9.31. The van der Waals surface area contributed by atoms with E-state index in [1.54, 1.807) is 6.92 Å². The minimum atomic E-state index is -4.01. The zero-order valence-corrected chi connectivity index (χ0v) is 17.8. The first-order valence-corrected chi connectivity index (χ1v) is 10.5. The summed E-state index contributed by atoms with van der Waals surface area (Å²) in [7, 11) is -2.56. The van der Waals surface area contributed by atoms with Gasteiger partial charge < -0.3 is 10.2 Å².